The van der Waals surface area contributed by atoms with Gasteiger partial charge < -0.3 is 5.11 Å². The van der Waals surface area contributed by atoms with Crippen LogP contribution in [0.1, 0.15) is 44.6 Å². The maximum atomic E-state index is 9.52. The van der Waals surface area contributed by atoms with Crippen LogP contribution in [0.15, 0.2) is 28.7 Å². The van der Waals surface area contributed by atoms with Crippen LogP contribution in [0.4, 0.5) is 0 Å². The Balaban J connectivity index is 2.78. The maximum absolute atomic E-state index is 9.52. The summed E-state index contributed by atoms with van der Waals surface area (Å²) in [6.07, 6.45) is 3.46. The highest BCUT2D eigenvalue weighted by molar-refractivity contribution is 9.10. The summed E-state index contributed by atoms with van der Waals surface area (Å²) in [7, 11) is 0. The highest BCUT2D eigenvalue weighted by Gasteiger charge is 2.17. The van der Waals surface area contributed by atoms with Crippen molar-refractivity contribution in [3.05, 3.63) is 34.3 Å². The van der Waals surface area contributed by atoms with E-state index in [0.29, 0.717) is 5.92 Å². The van der Waals surface area contributed by atoms with E-state index in [1.54, 1.807) is 0 Å². The average Bonchev–Trinajstić information content (AvgIpc) is 2.32. The van der Waals surface area contributed by atoms with Crippen LogP contribution in [0.25, 0.3) is 0 Å². The van der Waals surface area contributed by atoms with Crippen LogP contribution >= 0.6 is 15.9 Å². The maximum Gasteiger partial charge on any atom is 0.0500 e. The molecule has 1 unspecified atom stereocenters. The monoisotopic (exact) mass is 284 g/mol. The third-order valence-electron chi connectivity index (χ3n) is 3.34. The van der Waals surface area contributed by atoms with Gasteiger partial charge in [0.2, 0.25) is 0 Å². The molecule has 0 aliphatic heterocycles. The summed E-state index contributed by atoms with van der Waals surface area (Å²) in [6.45, 7) is 4.68. The Morgan fingerprint density at radius 3 is 2.31 bits per heavy atom. The Labute approximate surface area is 107 Å². The van der Waals surface area contributed by atoms with Gasteiger partial charge in [-0.1, -0.05) is 60.8 Å². The van der Waals surface area contributed by atoms with Crippen molar-refractivity contribution in [1.82, 2.24) is 0 Å². The predicted octanol–water partition coefficient (Wildman–Crippen LogP) is 4.35. The van der Waals surface area contributed by atoms with Crippen molar-refractivity contribution in [1.29, 1.82) is 0 Å². The predicted molar refractivity (Wildman–Crippen MR) is 72.7 cm³/mol. The first-order valence-corrected chi connectivity index (χ1v) is 6.87. The molecule has 1 N–H and O–H groups in total. The van der Waals surface area contributed by atoms with E-state index in [-0.39, 0.29) is 12.5 Å². The zero-order valence-corrected chi connectivity index (χ0v) is 11.7. The van der Waals surface area contributed by atoms with Crippen LogP contribution in [0.2, 0.25) is 0 Å². The minimum atomic E-state index is 0.235. The average molecular weight is 285 g/mol. The Hall–Kier alpha value is -0.340. The van der Waals surface area contributed by atoms with Gasteiger partial charge in [-0.15, -0.1) is 0 Å². The zero-order valence-electron chi connectivity index (χ0n) is 10.1. The molecule has 1 atom stereocenters. The van der Waals surface area contributed by atoms with Crippen molar-refractivity contribution in [2.75, 3.05) is 6.61 Å². The largest absolute Gasteiger partial charge is 0.396 e. The van der Waals surface area contributed by atoms with Crippen LogP contribution in [-0.4, -0.2) is 11.7 Å². The smallest absolute Gasteiger partial charge is 0.0500 e. The van der Waals surface area contributed by atoms with Gasteiger partial charge in [-0.25, -0.2) is 0 Å². The molecule has 0 aromatic heterocycles. The summed E-state index contributed by atoms with van der Waals surface area (Å²) < 4.78 is 1.11. The van der Waals surface area contributed by atoms with E-state index in [2.05, 4.69) is 35.8 Å². The van der Waals surface area contributed by atoms with Gasteiger partial charge in [-0.2, -0.15) is 0 Å². The first-order valence-electron chi connectivity index (χ1n) is 6.08. The lowest BCUT2D eigenvalue weighted by molar-refractivity contribution is 0.240. The molecule has 0 aliphatic rings. The number of hydrogen-bond donors (Lipinski definition) is 1. The molecule has 1 aromatic carbocycles. The van der Waals surface area contributed by atoms with E-state index in [1.165, 1.54) is 18.4 Å². The van der Waals surface area contributed by atoms with Gasteiger partial charge in [-0.3, -0.25) is 0 Å². The molecule has 2 heteroatoms. The molecule has 0 aliphatic carbocycles. The molecule has 1 rings (SSSR count). The number of aliphatic hydroxyl groups excluding tert-OH is 1. The van der Waals surface area contributed by atoms with Gasteiger partial charge in [0.05, 0.1) is 0 Å². The van der Waals surface area contributed by atoms with Gasteiger partial charge in [0, 0.05) is 17.0 Å². The van der Waals surface area contributed by atoms with Gasteiger partial charge in [0.15, 0.2) is 0 Å². The summed E-state index contributed by atoms with van der Waals surface area (Å²) in [4.78, 5) is 0. The van der Waals surface area contributed by atoms with E-state index in [4.69, 9.17) is 0 Å². The van der Waals surface area contributed by atoms with E-state index < -0.39 is 0 Å². The first kappa shape index (κ1) is 13.7. The van der Waals surface area contributed by atoms with Crippen molar-refractivity contribution in [3.8, 4) is 0 Å². The van der Waals surface area contributed by atoms with Crippen LogP contribution in [0.3, 0.4) is 0 Å². The summed E-state index contributed by atoms with van der Waals surface area (Å²) in [5.41, 5.74) is 1.23. The van der Waals surface area contributed by atoms with Crippen molar-refractivity contribution in [2.24, 2.45) is 5.92 Å². The Kier molecular flexibility index (Phi) is 6.07. The van der Waals surface area contributed by atoms with E-state index in [9.17, 15) is 5.11 Å². The minimum Gasteiger partial charge on any atom is -0.396 e. The zero-order chi connectivity index (χ0) is 12.0. The second-order valence-electron chi connectivity index (χ2n) is 4.32. The summed E-state index contributed by atoms with van der Waals surface area (Å²) in [6, 6.07) is 8.20. The van der Waals surface area contributed by atoms with E-state index in [1.807, 2.05) is 18.2 Å². The molecule has 0 fully saturated rings. The minimum absolute atomic E-state index is 0.235. The molecule has 0 saturated carbocycles. The molecule has 0 bridgehead atoms. The van der Waals surface area contributed by atoms with Gasteiger partial charge in [-0.05, 0) is 24.0 Å². The standard InChI is InChI=1S/C14H21BrO/c1-3-11(4-2)9-12(10-16)13-7-5-6-8-14(13)15/h5-8,11-12,16H,3-4,9-10H2,1-2H3. The molecule has 90 valence electrons. The summed E-state index contributed by atoms with van der Waals surface area (Å²) >= 11 is 3.56. The fourth-order valence-electron chi connectivity index (χ4n) is 2.13. The van der Waals surface area contributed by atoms with Crippen LogP contribution in [-0.2, 0) is 0 Å². The molecule has 0 spiro atoms. The molecular weight excluding hydrogens is 264 g/mol. The molecule has 0 saturated heterocycles. The number of rotatable bonds is 6. The molecule has 1 nitrogen and oxygen atoms in total. The molecule has 0 radical (unpaired) electrons. The van der Waals surface area contributed by atoms with E-state index >= 15 is 0 Å². The second kappa shape index (κ2) is 7.08. The molecule has 1 aromatic rings. The van der Waals surface area contributed by atoms with E-state index in [0.717, 1.165) is 10.9 Å². The van der Waals surface area contributed by atoms with Crippen molar-refractivity contribution in [3.63, 3.8) is 0 Å². The topological polar surface area (TPSA) is 20.2 Å². The number of hydrogen-bond acceptors (Lipinski definition) is 1. The second-order valence-corrected chi connectivity index (χ2v) is 5.17. The number of halogens is 1. The SMILES string of the molecule is CCC(CC)CC(CO)c1ccccc1Br. The Morgan fingerprint density at radius 2 is 1.81 bits per heavy atom. The molecule has 0 amide bonds. The van der Waals surface area contributed by atoms with Crippen LogP contribution < -0.4 is 0 Å². The normalized spacial score (nSPS) is 13.1. The summed E-state index contributed by atoms with van der Waals surface area (Å²) in [5, 5.41) is 9.52. The first-order chi connectivity index (χ1) is 7.72. The molecule has 0 heterocycles. The fraction of sp³-hybridized carbons (Fsp3) is 0.571. The van der Waals surface area contributed by atoms with Gasteiger partial charge >= 0.3 is 0 Å². The van der Waals surface area contributed by atoms with Crippen molar-refractivity contribution < 1.29 is 5.11 Å². The highest BCUT2D eigenvalue weighted by Crippen LogP contribution is 2.31. The van der Waals surface area contributed by atoms with Crippen molar-refractivity contribution >= 4 is 15.9 Å². The van der Waals surface area contributed by atoms with Gasteiger partial charge in [0.25, 0.3) is 0 Å². The van der Waals surface area contributed by atoms with Crippen molar-refractivity contribution in [2.45, 2.75) is 39.0 Å². The number of benzene rings is 1. The Bertz CT molecular complexity index is 307. The lowest BCUT2D eigenvalue weighted by Gasteiger charge is -2.21. The van der Waals surface area contributed by atoms with Crippen LogP contribution in [0.5, 0.6) is 0 Å². The fourth-order valence-corrected chi connectivity index (χ4v) is 2.74. The van der Waals surface area contributed by atoms with Gasteiger partial charge in [0.1, 0.15) is 0 Å². The third kappa shape index (κ3) is 3.60. The highest BCUT2D eigenvalue weighted by atomic mass is 79.9. The lowest BCUT2D eigenvalue weighted by Crippen LogP contribution is -2.10. The lowest BCUT2D eigenvalue weighted by atomic mass is 9.87. The third-order valence-corrected chi connectivity index (χ3v) is 4.06. The Morgan fingerprint density at radius 1 is 1.19 bits per heavy atom. The molecular formula is C14H21BrO. The molecule has 16 heavy (non-hydrogen) atoms. The quantitative estimate of drug-likeness (QED) is 0.823. The van der Waals surface area contributed by atoms with Crippen LogP contribution in [0, 0.1) is 5.92 Å². The number of aliphatic hydroxyl groups is 1. The summed E-state index contributed by atoms with van der Waals surface area (Å²) in [5.74, 6) is 0.977.